The van der Waals surface area contributed by atoms with E-state index in [1.54, 1.807) is 18.3 Å². The van der Waals surface area contributed by atoms with Gasteiger partial charge in [-0.2, -0.15) is 0 Å². The lowest BCUT2D eigenvalue weighted by Gasteiger charge is -1.91. The van der Waals surface area contributed by atoms with Crippen LogP contribution in [0.5, 0.6) is 0 Å². The second kappa shape index (κ2) is 3.88. The monoisotopic (exact) mass is 182 g/mol. The Bertz CT molecular complexity index is 323. The lowest BCUT2D eigenvalue weighted by atomic mass is 10.3. The first kappa shape index (κ1) is 8.74. The predicted octanol–water partition coefficient (Wildman–Crippen LogP) is 1.23. The van der Waals surface area contributed by atoms with Crippen LogP contribution in [0.25, 0.3) is 6.08 Å². The van der Waals surface area contributed by atoms with Crippen LogP contribution in [0.4, 0.5) is 0 Å². The van der Waals surface area contributed by atoms with Gasteiger partial charge in [-0.15, -0.1) is 0 Å². The van der Waals surface area contributed by atoms with Gasteiger partial charge in [-0.05, 0) is 18.2 Å². The van der Waals surface area contributed by atoms with Gasteiger partial charge in [0.15, 0.2) is 0 Å². The van der Waals surface area contributed by atoms with Crippen molar-refractivity contribution in [1.29, 1.82) is 0 Å². The van der Waals surface area contributed by atoms with Crippen molar-refractivity contribution in [3.8, 4) is 0 Å². The maximum Gasteiger partial charge on any atom is 0.241 e. The van der Waals surface area contributed by atoms with Gasteiger partial charge in [0, 0.05) is 17.3 Å². The minimum absolute atomic E-state index is 0.503. The van der Waals surface area contributed by atoms with Crippen molar-refractivity contribution in [2.45, 2.75) is 0 Å². The molecule has 0 fully saturated rings. The zero-order valence-corrected chi connectivity index (χ0v) is 6.95. The number of carbonyl (C=O) groups is 1. The number of halogens is 1. The maximum atomic E-state index is 10.3. The molecule has 2 N–H and O–H groups in total. The number of rotatable bonds is 2. The van der Waals surface area contributed by atoms with Crippen LogP contribution in [0, 0.1) is 0 Å². The Hall–Kier alpha value is -1.35. The molecule has 0 aliphatic heterocycles. The second-order valence-electron chi connectivity index (χ2n) is 2.13. The van der Waals surface area contributed by atoms with Gasteiger partial charge in [0.2, 0.25) is 5.91 Å². The number of nitrogens with two attached hydrogens (primary N) is 1. The fourth-order valence-electron chi connectivity index (χ4n) is 0.680. The molecule has 1 aromatic heterocycles. The fraction of sp³-hybridized carbons (Fsp3) is 0. The summed E-state index contributed by atoms with van der Waals surface area (Å²) in [5.41, 5.74) is 5.50. The number of amides is 1. The van der Waals surface area contributed by atoms with Gasteiger partial charge in [-0.3, -0.25) is 9.78 Å². The number of nitrogens with zero attached hydrogens (tertiary/aromatic N) is 1. The van der Waals surface area contributed by atoms with E-state index in [9.17, 15) is 4.79 Å². The van der Waals surface area contributed by atoms with E-state index < -0.39 is 5.91 Å². The van der Waals surface area contributed by atoms with Crippen LogP contribution in [0.1, 0.15) is 5.69 Å². The minimum atomic E-state index is -0.503. The van der Waals surface area contributed by atoms with Crippen molar-refractivity contribution < 1.29 is 4.79 Å². The molecule has 0 saturated heterocycles. The van der Waals surface area contributed by atoms with E-state index in [1.165, 1.54) is 12.2 Å². The Morgan fingerprint density at radius 1 is 1.67 bits per heavy atom. The Kier molecular flexibility index (Phi) is 2.82. The van der Waals surface area contributed by atoms with Gasteiger partial charge >= 0.3 is 0 Å². The summed E-state index contributed by atoms with van der Waals surface area (Å²) < 4.78 is 0. The number of carbonyl (C=O) groups excluding carboxylic acids is 1. The van der Waals surface area contributed by atoms with Crippen LogP contribution in [0.2, 0.25) is 5.02 Å². The minimum Gasteiger partial charge on any atom is -0.366 e. The summed E-state index contributed by atoms with van der Waals surface area (Å²) in [5.74, 6) is -0.503. The smallest absolute Gasteiger partial charge is 0.241 e. The molecule has 0 aliphatic rings. The van der Waals surface area contributed by atoms with Crippen LogP contribution in [0.3, 0.4) is 0 Å². The molecule has 1 rings (SSSR count). The molecular weight excluding hydrogens is 176 g/mol. The number of hydrogen-bond acceptors (Lipinski definition) is 2. The Balaban J connectivity index is 2.83. The third-order valence-electron chi connectivity index (χ3n) is 1.16. The molecule has 0 radical (unpaired) electrons. The summed E-state index contributed by atoms with van der Waals surface area (Å²) in [7, 11) is 0. The summed E-state index contributed by atoms with van der Waals surface area (Å²) in [6.45, 7) is 0. The van der Waals surface area contributed by atoms with E-state index in [1.807, 2.05) is 0 Å². The van der Waals surface area contributed by atoms with Crippen LogP contribution < -0.4 is 5.73 Å². The highest BCUT2D eigenvalue weighted by atomic mass is 35.5. The van der Waals surface area contributed by atoms with E-state index in [0.717, 1.165) is 0 Å². The SMILES string of the molecule is NC(=O)C=Cc1cc(Cl)ccn1. The first-order valence-electron chi connectivity index (χ1n) is 3.27. The van der Waals surface area contributed by atoms with Crippen molar-refractivity contribution in [3.63, 3.8) is 0 Å². The highest BCUT2D eigenvalue weighted by Gasteiger charge is 1.90. The summed E-state index contributed by atoms with van der Waals surface area (Å²) in [5, 5.41) is 0.578. The summed E-state index contributed by atoms with van der Waals surface area (Å²) >= 11 is 5.67. The molecule has 0 saturated carbocycles. The number of pyridine rings is 1. The first-order chi connectivity index (χ1) is 5.68. The average Bonchev–Trinajstić information content (AvgIpc) is 2.01. The van der Waals surface area contributed by atoms with E-state index in [-0.39, 0.29) is 0 Å². The average molecular weight is 183 g/mol. The molecular formula is C8H7ClN2O. The van der Waals surface area contributed by atoms with Crippen molar-refractivity contribution in [1.82, 2.24) is 4.98 Å². The molecule has 0 spiro atoms. The van der Waals surface area contributed by atoms with E-state index in [0.29, 0.717) is 10.7 Å². The molecule has 1 amide bonds. The standard InChI is InChI=1S/C8H7ClN2O/c9-6-3-4-11-7(5-6)1-2-8(10)12/h1-5H,(H2,10,12). The van der Waals surface area contributed by atoms with Gasteiger partial charge in [0.1, 0.15) is 0 Å². The first-order valence-corrected chi connectivity index (χ1v) is 3.65. The zero-order chi connectivity index (χ0) is 8.97. The highest BCUT2D eigenvalue weighted by molar-refractivity contribution is 6.30. The number of aromatic nitrogens is 1. The highest BCUT2D eigenvalue weighted by Crippen LogP contribution is 2.08. The largest absolute Gasteiger partial charge is 0.366 e. The van der Waals surface area contributed by atoms with Gasteiger partial charge in [0.25, 0.3) is 0 Å². The van der Waals surface area contributed by atoms with E-state index in [2.05, 4.69) is 4.98 Å². The van der Waals surface area contributed by atoms with Gasteiger partial charge in [0.05, 0.1) is 5.69 Å². The molecule has 0 unspecified atom stereocenters. The lowest BCUT2D eigenvalue weighted by molar-refractivity contribution is -0.113. The van der Waals surface area contributed by atoms with Gasteiger partial charge in [-0.1, -0.05) is 11.6 Å². The maximum absolute atomic E-state index is 10.3. The molecule has 0 aromatic carbocycles. The van der Waals surface area contributed by atoms with Crippen molar-refractivity contribution in [2.75, 3.05) is 0 Å². The normalized spacial score (nSPS) is 10.4. The molecule has 0 atom stereocenters. The molecule has 1 heterocycles. The molecule has 0 bridgehead atoms. The van der Waals surface area contributed by atoms with Gasteiger partial charge < -0.3 is 5.73 Å². The van der Waals surface area contributed by atoms with Crippen molar-refractivity contribution >= 4 is 23.6 Å². The van der Waals surface area contributed by atoms with Crippen LogP contribution in [-0.4, -0.2) is 10.9 Å². The third kappa shape index (κ3) is 2.72. The predicted molar refractivity (Wildman–Crippen MR) is 47.5 cm³/mol. The molecule has 0 aliphatic carbocycles. The second-order valence-corrected chi connectivity index (χ2v) is 2.57. The van der Waals surface area contributed by atoms with Crippen molar-refractivity contribution in [2.24, 2.45) is 5.73 Å². The van der Waals surface area contributed by atoms with Crippen molar-refractivity contribution in [3.05, 3.63) is 35.1 Å². The summed E-state index contributed by atoms with van der Waals surface area (Å²) in [6, 6.07) is 3.30. The molecule has 1 aromatic rings. The van der Waals surface area contributed by atoms with E-state index in [4.69, 9.17) is 17.3 Å². The topological polar surface area (TPSA) is 56.0 Å². The number of hydrogen-bond donors (Lipinski definition) is 1. The van der Waals surface area contributed by atoms with Crippen LogP contribution >= 0.6 is 11.6 Å². The van der Waals surface area contributed by atoms with Crippen LogP contribution in [-0.2, 0) is 4.79 Å². The summed E-state index contributed by atoms with van der Waals surface area (Å²) in [6.07, 6.45) is 4.30. The Morgan fingerprint density at radius 2 is 2.42 bits per heavy atom. The van der Waals surface area contributed by atoms with Crippen LogP contribution in [0.15, 0.2) is 24.4 Å². The Labute approximate surface area is 74.9 Å². The quantitative estimate of drug-likeness (QED) is 0.700. The molecule has 4 heteroatoms. The summed E-state index contributed by atoms with van der Waals surface area (Å²) in [4.78, 5) is 14.3. The zero-order valence-electron chi connectivity index (χ0n) is 6.20. The third-order valence-corrected chi connectivity index (χ3v) is 1.40. The fourth-order valence-corrected chi connectivity index (χ4v) is 0.848. The van der Waals surface area contributed by atoms with E-state index >= 15 is 0 Å². The van der Waals surface area contributed by atoms with Gasteiger partial charge in [-0.25, -0.2) is 0 Å². The molecule has 12 heavy (non-hydrogen) atoms. The number of primary amides is 1. The molecule has 62 valence electrons. The Morgan fingerprint density at radius 3 is 3.00 bits per heavy atom. The lowest BCUT2D eigenvalue weighted by Crippen LogP contribution is -2.05. The molecule has 3 nitrogen and oxygen atoms in total.